The van der Waals surface area contributed by atoms with Crippen LogP contribution in [-0.2, 0) is 6.18 Å². The highest BCUT2D eigenvalue weighted by Gasteiger charge is 2.32. The van der Waals surface area contributed by atoms with Gasteiger partial charge in [-0.15, -0.1) is 0 Å². The standard InChI is InChI=1S/C16H13F3O2/c1-10-4-3-5-11(8-10)15(20)13-9-12(16(17,18)19)6-7-14(13)21-2/h3-9H,1-2H3. The molecular weight excluding hydrogens is 281 g/mol. The van der Waals surface area contributed by atoms with E-state index in [1.807, 2.05) is 0 Å². The lowest BCUT2D eigenvalue weighted by molar-refractivity contribution is -0.137. The summed E-state index contributed by atoms with van der Waals surface area (Å²) in [6.07, 6.45) is -4.51. The Labute approximate surface area is 120 Å². The fraction of sp³-hybridized carbons (Fsp3) is 0.188. The van der Waals surface area contributed by atoms with Gasteiger partial charge in [-0.2, -0.15) is 13.2 Å². The van der Waals surface area contributed by atoms with Gasteiger partial charge in [0.2, 0.25) is 0 Å². The summed E-state index contributed by atoms with van der Waals surface area (Å²) < 4.78 is 43.3. The third-order valence-corrected chi connectivity index (χ3v) is 3.05. The van der Waals surface area contributed by atoms with Gasteiger partial charge in [-0.25, -0.2) is 0 Å². The van der Waals surface area contributed by atoms with Crippen LogP contribution < -0.4 is 4.74 Å². The molecular formula is C16H13F3O2. The van der Waals surface area contributed by atoms with Crippen molar-refractivity contribution in [3.8, 4) is 5.75 Å². The van der Waals surface area contributed by atoms with Crippen LogP contribution >= 0.6 is 0 Å². The molecule has 0 aliphatic heterocycles. The Morgan fingerprint density at radius 3 is 2.38 bits per heavy atom. The van der Waals surface area contributed by atoms with Gasteiger partial charge < -0.3 is 4.74 Å². The van der Waals surface area contributed by atoms with E-state index in [9.17, 15) is 18.0 Å². The van der Waals surface area contributed by atoms with Crippen molar-refractivity contribution in [2.45, 2.75) is 13.1 Å². The first kappa shape index (κ1) is 15.1. The van der Waals surface area contributed by atoms with Gasteiger partial charge in [0.15, 0.2) is 5.78 Å². The maximum atomic E-state index is 12.8. The van der Waals surface area contributed by atoms with Gasteiger partial charge in [0.05, 0.1) is 18.2 Å². The second-order valence-electron chi connectivity index (χ2n) is 4.61. The number of halogens is 3. The van der Waals surface area contributed by atoms with Crippen molar-refractivity contribution in [1.82, 2.24) is 0 Å². The Morgan fingerprint density at radius 1 is 1.10 bits per heavy atom. The Balaban J connectivity index is 2.53. The predicted molar refractivity (Wildman–Crippen MR) is 72.6 cm³/mol. The molecule has 110 valence electrons. The molecule has 0 saturated heterocycles. The van der Waals surface area contributed by atoms with Gasteiger partial charge in [-0.05, 0) is 31.2 Å². The molecule has 21 heavy (non-hydrogen) atoms. The molecule has 2 aromatic rings. The zero-order valence-electron chi connectivity index (χ0n) is 11.5. The van der Waals surface area contributed by atoms with Gasteiger partial charge in [0.25, 0.3) is 0 Å². The van der Waals surface area contributed by atoms with Crippen LogP contribution in [0.2, 0.25) is 0 Å². The summed E-state index contributed by atoms with van der Waals surface area (Å²) in [6, 6.07) is 9.56. The average Bonchev–Trinajstić information content (AvgIpc) is 2.44. The number of ether oxygens (including phenoxy) is 1. The molecule has 0 aliphatic rings. The summed E-state index contributed by atoms with van der Waals surface area (Å²) in [5.74, 6) is -0.379. The smallest absolute Gasteiger partial charge is 0.416 e. The first-order valence-corrected chi connectivity index (χ1v) is 6.19. The van der Waals surface area contributed by atoms with Crippen molar-refractivity contribution in [1.29, 1.82) is 0 Å². The zero-order valence-corrected chi connectivity index (χ0v) is 11.5. The third kappa shape index (κ3) is 3.24. The number of hydrogen-bond acceptors (Lipinski definition) is 2. The number of alkyl halides is 3. The van der Waals surface area contributed by atoms with Gasteiger partial charge in [-0.1, -0.05) is 23.8 Å². The monoisotopic (exact) mass is 294 g/mol. The highest BCUT2D eigenvalue weighted by molar-refractivity contribution is 6.10. The minimum atomic E-state index is -4.51. The topological polar surface area (TPSA) is 26.3 Å². The van der Waals surface area contributed by atoms with Crippen molar-refractivity contribution in [3.63, 3.8) is 0 Å². The second-order valence-corrected chi connectivity index (χ2v) is 4.61. The summed E-state index contributed by atoms with van der Waals surface area (Å²) >= 11 is 0. The van der Waals surface area contributed by atoms with Crippen molar-refractivity contribution < 1.29 is 22.7 Å². The number of carbonyl (C=O) groups excluding carboxylic acids is 1. The summed E-state index contributed by atoms with van der Waals surface area (Å²) in [6.45, 7) is 1.81. The van der Waals surface area contributed by atoms with Crippen LogP contribution in [0.4, 0.5) is 13.2 Å². The number of benzene rings is 2. The molecule has 0 aromatic heterocycles. The van der Waals surface area contributed by atoms with Crippen molar-refractivity contribution in [2.24, 2.45) is 0 Å². The molecule has 0 radical (unpaired) electrons. The number of carbonyl (C=O) groups is 1. The summed E-state index contributed by atoms with van der Waals surface area (Å²) in [4.78, 5) is 12.4. The zero-order chi connectivity index (χ0) is 15.6. The number of ketones is 1. The van der Waals surface area contributed by atoms with Crippen molar-refractivity contribution in [3.05, 3.63) is 64.7 Å². The number of rotatable bonds is 3. The molecule has 0 aliphatic carbocycles. The van der Waals surface area contributed by atoms with E-state index in [4.69, 9.17) is 4.74 Å². The fourth-order valence-electron chi connectivity index (χ4n) is 2.00. The van der Waals surface area contributed by atoms with Crippen molar-refractivity contribution in [2.75, 3.05) is 7.11 Å². The van der Waals surface area contributed by atoms with Gasteiger partial charge >= 0.3 is 6.18 Å². The molecule has 0 unspecified atom stereocenters. The first-order valence-electron chi connectivity index (χ1n) is 6.19. The minimum Gasteiger partial charge on any atom is -0.496 e. The lowest BCUT2D eigenvalue weighted by atomic mass is 9.99. The van der Waals surface area contributed by atoms with E-state index in [-0.39, 0.29) is 11.3 Å². The van der Waals surface area contributed by atoms with E-state index in [1.165, 1.54) is 7.11 Å². The van der Waals surface area contributed by atoms with Crippen LogP contribution in [0, 0.1) is 6.92 Å². The minimum absolute atomic E-state index is 0.0991. The SMILES string of the molecule is COc1ccc(C(F)(F)F)cc1C(=O)c1cccc(C)c1. The van der Waals surface area contributed by atoms with Gasteiger partial charge in [-0.3, -0.25) is 4.79 Å². The maximum absolute atomic E-state index is 12.8. The highest BCUT2D eigenvalue weighted by atomic mass is 19.4. The predicted octanol–water partition coefficient (Wildman–Crippen LogP) is 4.25. The number of aryl methyl sites for hydroxylation is 1. The summed E-state index contributed by atoms with van der Waals surface area (Å²) in [5.41, 5.74) is 0.205. The van der Waals surface area contributed by atoms with E-state index >= 15 is 0 Å². The maximum Gasteiger partial charge on any atom is 0.416 e. The molecule has 0 heterocycles. The Morgan fingerprint density at radius 2 is 1.81 bits per heavy atom. The van der Waals surface area contributed by atoms with Crippen LogP contribution in [0.1, 0.15) is 27.0 Å². The first-order chi connectivity index (χ1) is 9.82. The van der Waals surface area contributed by atoms with Crippen LogP contribution in [0.5, 0.6) is 5.75 Å². The van der Waals surface area contributed by atoms with E-state index in [0.717, 1.165) is 23.8 Å². The van der Waals surface area contributed by atoms with Gasteiger partial charge in [0.1, 0.15) is 5.75 Å². The second kappa shape index (κ2) is 5.60. The van der Waals surface area contributed by atoms with Gasteiger partial charge in [0, 0.05) is 5.56 Å². The van der Waals surface area contributed by atoms with Crippen LogP contribution in [-0.4, -0.2) is 12.9 Å². The molecule has 0 spiro atoms. The molecule has 2 nitrogen and oxygen atoms in total. The molecule has 2 rings (SSSR count). The highest BCUT2D eigenvalue weighted by Crippen LogP contribution is 2.33. The summed E-state index contributed by atoms with van der Waals surface area (Å²) in [5, 5.41) is 0. The van der Waals surface area contributed by atoms with E-state index in [0.29, 0.717) is 5.56 Å². The van der Waals surface area contributed by atoms with E-state index in [2.05, 4.69) is 0 Å². The molecule has 2 aromatic carbocycles. The van der Waals surface area contributed by atoms with Crippen LogP contribution in [0.15, 0.2) is 42.5 Å². The average molecular weight is 294 g/mol. The molecule has 0 fully saturated rings. The molecule has 0 bridgehead atoms. The largest absolute Gasteiger partial charge is 0.496 e. The quantitative estimate of drug-likeness (QED) is 0.791. The Kier molecular flexibility index (Phi) is 4.02. The van der Waals surface area contributed by atoms with Crippen LogP contribution in [0.3, 0.4) is 0 Å². The molecule has 5 heteroatoms. The van der Waals surface area contributed by atoms with Crippen LogP contribution in [0.25, 0.3) is 0 Å². The molecule has 0 saturated carbocycles. The fourth-order valence-corrected chi connectivity index (χ4v) is 2.00. The number of methoxy groups -OCH3 is 1. The molecule has 0 N–H and O–H groups in total. The lowest BCUT2D eigenvalue weighted by Gasteiger charge is -2.12. The third-order valence-electron chi connectivity index (χ3n) is 3.05. The van der Waals surface area contributed by atoms with E-state index in [1.54, 1.807) is 31.2 Å². The lowest BCUT2D eigenvalue weighted by Crippen LogP contribution is -2.10. The Bertz CT molecular complexity index is 675. The molecule has 0 amide bonds. The molecule has 0 atom stereocenters. The van der Waals surface area contributed by atoms with E-state index < -0.39 is 17.5 Å². The Hall–Kier alpha value is -2.30. The summed E-state index contributed by atoms with van der Waals surface area (Å²) in [7, 11) is 1.32. The van der Waals surface area contributed by atoms with Crippen molar-refractivity contribution >= 4 is 5.78 Å². The number of hydrogen-bond donors (Lipinski definition) is 0. The normalized spacial score (nSPS) is 11.3.